The van der Waals surface area contributed by atoms with E-state index in [4.69, 9.17) is 9.47 Å². The van der Waals surface area contributed by atoms with Crippen LogP contribution < -0.4 is 9.47 Å². The summed E-state index contributed by atoms with van der Waals surface area (Å²) in [5.74, 6) is 1.21. The fourth-order valence-corrected chi connectivity index (χ4v) is 1.12. The zero-order valence-corrected chi connectivity index (χ0v) is 8.83. The Labute approximate surface area is 93.1 Å². The minimum absolute atomic E-state index is 0.364. The van der Waals surface area contributed by atoms with Crippen LogP contribution in [0.3, 0.4) is 0 Å². The molecule has 0 amide bonds. The molecule has 0 saturated carbocycles. The molecule has 0 spiro atoms. The van der Waals surface area contributed by atoms with Crippen molar-refractivity contribution in [1.82, 2.24) is 15.0 Å². The molecule has 0 aliphatic carbocycles. The van der Waals surface area contributed by atoms with Crippen molar-refractivity contribution in [2.45, 2.75) is 6.61 Å². The van der Waals surface area contributed by atoms with Crippen molar-refractivity contribution < 1.29 is 9.47 Å². The third-order valence-corrected chi connectivity index (χ3v) is 1.94. The normalized spacial score (nSPS) is 9.81. The highest BCUT2D eigenvalue weighted by atomic mass is 16.5. The fourth-order valence-electron chi connectivity index (χ4n) is 1.12. The Morgan fingerprint density at radius 2 is 2.06 bits per heavy atom. The lowest BCUT2D eigenvalue weighted by atomic mass is 10.3. The van der Waals surface area contributed by atoms with Crippen LogP contribution in [0.25, 0.3) is 0 Å². The molecule has 2 heterocycles. The zero-order chi connectivity index (χ0) is 11.2. The second-order valence-corrected chi connectivity index (χ2v) is 3.02. The lowest BCUT2D eigenvalue weighted by Crippen LogP contribution is -1.99. The van der Waals surface area contributed by atoms with Gasteiger partial charge in [0.1, 0.15) is 12.4 Å². The smallest absolute Gasteiger partial charge is 0.232 e. The van der Waals surface area contributed by atoms with Gasteiger partial charge >= 0.3 is 0 Å². The molecule has 5 heteroatoms. The molecule has 0 bridgehead atoms. The maximum absolute atomic E-state index is 5.39. The van der Waals surface area contributed by atoms with Crippen LogP contribution in [0.4, 0.5) is 0 Å². The minimum Gasteiger partial charge on any atom is -0.495 e. The van der Waals surface area contributed by atoms with Gasteiger partial charge in [0.15, 0.2) is 0 Å². The molecule has 5 nitrogen and oxygen atoms in total. The van der Waals surface area contributed by atoms with Crippen LogP contribution in [0.15, 0.2) is 36.9 Å². The molecular weight excluding hydrogens is 206 g/mol. The van der Waals surface area contributed by atoms with E-state index in [1.807, 2.05) is 12.1 Å². The second kappa shape index (κ2) is 5.06. The monoisotopic (exact) mass is 217 g/mol. The largest absolute Gasteiger partial charge is 0.495 e. The predicted molar refractivity (Wildman–Crippen MR) is 57.2 cm³/mol. The van der Waals surface area contributed by atoms with Crippen molar-refractivity contribution in [3.63, 3.8) is 0 Å². The predicted octanol–water partition coefficient (Wildman–Crippen LogP) is 1.46. The van der Waals surface area contributed by atoms with Crippen LogP contribution in [0.1, 0.15) is 5.69 Å². The molecule has 0 fully saturated rings. The van der Waals surface area contributed by atoms with Gasteiger partial charge < -0.3 is 9.47 Å². The average molecular weight is 217 g/mol. The summed E-state index contributed by atoms with van der Waals surface area (Å²) in [5, 5.41) is 0. The first-order valence-electron chi connectivity index (χ1n) is 4.76. The fraction of sp³-hybridized carbons (Fsp3) is 0.182. The van der Waals surface area contributed by atoms with E-state index in [0.29, 0.717) is 12.5 Å². The lowest BCUT2D eigenvalue weighted by molar-refractivity contribution is 0.287. The molecule has 0 aliphatic rings. The Hall–Kier alpha value is -2.17. The molecule has 0 radical (unpaired) electrons. The minimum atomic E-state index is 0.364. The first-order chi connectivity index (χ1) is 7.88. The molecule has 0 N–H and O–H groups in total. The number of aromatic nitrogens is 3. The summed E-state index contributed by atoms with van der Waals surface area (Å²) in [7, 11) is 1.60. The maximum Gasteiger partial charge on any atom is 0.232 e. The van der Waals surface area contributed by atoms with Crippen LogP contribution >= 0.6 is 0 Å². The topological polar surface area (TPSA) is 57.1 Å². The Bertz CT molecular complexity index is 431. The van der Waals surface area contributed by atoms with Crippen molar-refractivity contribution in [1.29, 1.82) is 0 Å². The van der Waals surface area contributed by atoms with E-state index in [-0.39, 0.29) is 0 Å². The van der Waals surface area contributed by atoms with Gasteiger partial charge in [0, 0.05) is 12.4 Å². The zero-order valence-electron chi connectivity index (χ0n) is 8.83. The van der Waals surface area contributed by atoms with Crippen LogP contribution in [-0.4, -0.2) is 22.1 Å². The first kappa shape index (κ1) is 10.4. The van der Waals surface area contributed by atoms with E-state index in [9.17, 15) is 0 Å². The van der Waals surface area contributed by atoms with Crippen molar-refractivity contribution in [3.05, 3.63) is 42.6 Å². The highest BCUT2D eigenvalue weighted by molar-refractivity contribution is 5.19. The second-order valence-electron chi connectivity index (χ2n) is 3.02. The number of rotatable bonds is 4. The van der Waals surface area contributed by atoms with E-state index >= 15 is 0 Å². The van der Waals surface area contributed by atoms with Gasteiger partial charge in [0.05, 0.1) is 25.2 Å². The quantitative estimate of drug-likeness (QED) is 0.776. The van der Waals surface area contributed by atoms with Crippen LogP contribution in [0.2, 0.25) is 0 Å². The summed E-state index contributed by atoms with van der Waals surface area (Å²) >= 11 is 0. The number of nitrogens with zero attached hydrogens (tertiary/aromatic N) is 3. The van der Waals surface area contributed by atoms with Crippen molar-refractivity contribution >= 4 is 0 Å². The number of hydrogen-bond acceptors (Lipinski definition) is 5. The molecule has 0 aromatic carbocycles. The summed E-state index contributed by atoms with van der Waals surface area (Å²) in [6.45, 7) is 0.364. The van der Waals surface area contributed by atoms with Gasteiger partial charge in [-0.1, -0.05) is 0 Å². The number of methoxy groups -OCH3 is 1. The maximum atomic E-state index is 5.39. The molecule has 2 rings (SSSR count). The molecule has 82 valence electrons. The van der Waals surface area contributed by atoms with Crippen molar-refractivity contribution in [3.8, 4) is 11.6 Å². The molecule has 0 atom stereocenters. The highest BCUT2D eigenvalue weighted by Gasteiger charge is 1.98. The highest BCUT2D eigenvalue weighted by Crippen LogP contribution is 2.10. The van der Waals surface area contributed by atoms with Crippen molar-refractivity contribution in [2.24, 2.45) is 0 Å². The van der Waals surface area contributed by atoms with Gasteiger partial charge in [-0.25, -0.2) is 4.98 Å². The molecule has 2 aromatic heterocycles. The van der Waals surface area contributed by atoms with Gasteiger partial charge in [0.25, 0.3) is 0 Å². The summed E-state index contributed by atoms with van der Waals surface area (Å²) in [4.78, 5) is 12.1. The van der Waals surface area contributed by atoms with Crippen LogP contribution in [-0.2, 0) is 6.61 Å². The Morgan fingerprint density at radius 1 is 1.12 bits per heavy atom. The third-order valence-electron chi connectivity index (χ3n) is 1.94. The van der Waals surface area contributed by atoms with Gasteiger partial charge in [-0.2, -0.15) is 0 Å². The van der Waals surface area contributed by atoms with Gasteiger partial charge in [-0.3, -0.25) is 9.97 Å². The average Bonchev–Trinajstić information content (AvgIpc) is 2.38. The van der Waals surface area contributed by atoms with E-state index in [1.54, 1.807) is 31.9 Å². The lowest BCUT2D eigenvalue weighted by Gasteiger charge is -2.04. The molecule has 16 heavy (non-hydrogen) atoms. The first-order valence-corrected chi connectivity index (χ1v) is 4.76. The van der Waals surface area contributed by atoms with Gasteiger partial charge in [-0.15, -0.1) is 0 Å². The Balaban J connectivity index is 1.94. The van der Waals surface area contributed by atoms with Gasteiger partial charge in [-0.05, 0) is 12.1 Å². The molecular formula is C11H11N3O2. The summed E-state index contributed by atoms with van der Waals surface area (Å²) in [5.41, 5.74) is 0.812. The Morgan fingerprint density at radius 3 is 2.69 bits per heavy atom. The van der Waals surface area contributed by atoms with E-state index in [1.165, 1.54) is 0 Å². The Kier molecular flexibility index (Phi) is 3.28. The standard InChI is InChI=1S/C11H11N3O2/c1-15-10-3-2-9(14-6-10)8-16-11-7-12-4-5-13-11/h2-7H,8H2,1H3. The van der Waals surface area contributed by atoms with E-state index < -0.39 is 0 Å². The van der Waals surface area contributed by atoms with E-state index in [2.05, 4.69) is 15.0 Å². The van der Waals surface area contributed by atoms with Crippen LogP contribution in [0, 0.1) is 0 Å². The summed E-state index contributed by atoms with van der Waals surface area (Å²) in [6.07, 6.45) is 6.38. The number of pyridine rings is 1. The van der Waals surface area contributed by atoms with Crippen LogP contribution in [0.5, 0.6) is 11.6 Å². The summed E-state index contributed by atoms with van der Waals surface area (Å²) in [6, 6.07) is 3.68. The third kappa shape index (κ3) is 2.66. The molecule has 0 unspecified atom stereocenters. The number of hydrogen-bond donors (Lipinski definition) is 0. The van der Waals surface area contributed by atoms with E-state index in [0.717, 1.165) is 11.4 Å². The SMILES string of the molecule is COc1ccc(COc2cnccn2)nc1. The van der Waals surface area contributed by atoms with Crippen molar-refractivity contribution in [2.75, 3.05) is 7.11 Å². The molecule has 0 aliphatic heterocycles. The number of ether oxygens (including phenoxy) is 2. The van der Waals surface area contributed by atoms with Gasteiger partial charge in [0.2, 0.25) is 5.88 Å². The molecule has 0 saturated heterocycles. The molecule has 2 aromatic rings. The summed E-state index contributed by atoms with van der Waals surface area (Å²) < 4.78 is 10.4.